The third kappa shape index (κ3) is 3.72. The predicted molar refractivity (Wildman–Crippen MR) is 79.2 cm³/mol. The van der Waals surface area contributed by atoms with E-state index in [-0.39, 0.29) is 16.9 Å². The van der Waals surface area contributed by atoms with Crippen LogP contribution in [0.15, 0.2) is 27.6 Å². The van der Waals surface area contributed by atoms with Gasteiger partial charge >= 0.3 is 0 Å². The molecule has 1 aliphatic rings. The Hall–Kier alpha value is -0.630. The first kappa shape index (κ1) is 15.8. The monoisotopic (exact) mass is 363 g/mol. The van der Waals surface area contributed by atoms with Crippen LogP contribution in [0.5, 0.6) is 5.75 Å². The van der Waals surface area contributed by atoms with Crippen LogP contribution in [-0.2, 0) is 10.0 Å². The average molecular weight is 364 g/mol. The molecule has 20 heavy (non-hydrogen) atoms. The molecular formula is C13H18BrNO4S. The first-order chi connectivity index (χ1) is 9.42. The highest BCUT2D eigenvalue weighted by Gasteiger charge is 2.26. The molecule has 7 heteroatoms. The van der Waals surface area contributed by atoms with Crippen LogP contribution in [0.1, 0.15) is 19.3 Å². The highest BCUT2D eigenvalue weighted by Crippen LogP contribution is 2.28. The summed E-state index contributed by atoms with van der Waals surface area (Å²) < 4.78 is 33.0. The number of methoxy groups -OCH3 is 1. The van der Waals surface area contributed by atoms with Crippen LogP contribution in [-0.4, -0.2) is 33.3 Å². The number of benzene rings is 1. The fraction of sp³-hybridized carbons (Fsp3) is 0.538. The maximum absolute atomic E-state index is 12.3. The van der Waals surface area contributed by atoms with Crippen LogP contribution in [0.25, 0.3) is 0 Å². The van der Waals surface area contributed by atoms with E-state index in [0.717, 1.165) is 12.8 Å². The molecule has 112 valence electrons. The number of sulfonamides is 1. The Bertz CT molecular complexity index is 576. The Labute approximate surface area is 127 Å². The van der Waals surface area contributed by atoms with Crippen LogP contribution in [0.4, 0.5) is 0 Å². The molecule has 5 nitrogen and oxygen atoms in total. The van der Waals surface area contributed by atoms with Gasteiger partial charge in [0.05, 0.1) is 13.2 Å². The number of hydrogen-bond donors (Lipinski definition) is 2. The summed E-state index contributed by atoms with van der Waals surface area (Å²) in [5, 5.41) is 9.46. The summed E-state index contributed by atoms with van der Waals surface area (Å²) in [6.07, 6.45) is 1.94. The largest absolute Gasteiger partial charge is 0.495 e. The zero-order valence-electron chi connectivity index (χ0n) is 11.2. The second-order valence-corrected chi connectivity index (χ2v) is 7.63. The van der Waals surface area contributed by atoms with E-state index in [1.807, 2.05) is 0 Å². The molecule has 0 radical (unpaired) electrons. The quantitative estimate of drug-likeness (QED) is 0.837. The van der Waals surface area contributed by atoms with Gasteiger partial charge in [-0.1, -0.05) is 15.9 Å². The Kier molecular flexibility index (Phi) is 5.06. The molecule has 2 unspecified atom stereocenters. The normalized spacial score (nSPS) is 22.9. The van der Waals surface area contributed by atoms with Gasteiger partial charge in [0.2, 0.25) is 10.0 Å². The summed E-state index contributed by atoms with van der Waals surface area (Å²) >= 11 is 3.26. The number of ether oxygens (including phenoxy) is 1. The molecule has 0 saturated heterocycles. The number of aliphatic hydroxyl groups excluding tert-OH is 1. The molecule has 1 aromatic rings. The Morgan fingerprint density at radius 1 is 1.45 bits per heavy atom. The van der Waals surface area contributed by atoms with Crippen molar-refractivity contribution in [3.05, 3.63) is 22.7 Å². The molecule has 0 bridgehead atoms. The first-order valence-electron chi connectivity index (χ1n) is 6.43. The van der Waals surface area contributed by atoms with E-state index in [1.165, 1.54) is 13.2 Å². The van der Waals surface area contributed by atoms with E-state index in [2.05, 4.69) is 20.7 Å². The van der Waals surface area contributed by atoms with Crippen LogP contribution >= 0.6 is 15.9 Å². The van der Waals surface area contributed by atoms with E-state index in [9.17, 15) is 13.5 Å². The van der Waals surface area contributed by atoms with Gasteiger partial charge in [0.1, 0.15) is 10.6 Å². The van der Waals surface area contributed by atoms with Gasteiger partial charge in [-0.3, -0.25) is 0 Å². The van der Waals surface area contributed by atoms with Crippen molar-refractivity contribution < 1.29 is 18.3 Å². The molecule has 0 aromatic heterocycles. The number of nitrogens with one attached hydrogen (secondary N) is 1. The van der Waals surface area contributed by atoms with Gasteiger partial charge in [0, 0.05) is 11.0 Å². The first-order valence-corrected chi connectivity index (χ1v) is 8.71. The van der Waals surface area contributed by atoms with E-state index in [1.54, 1.807) is 12.1 Å². The number of halogens is 1. The van der Waals surface area contributed by atoms with Crippen molar-refractivity contribution in [1.82, 2.24) is 4.72 Å². The minimum atomic E-state index is -3.62. The van der Waals surface area contributed by atoms with Gasteiger partial charge in [-0.05, 0) is 43.4 Å². The zero-order valence-corrected chi connectivity index (χ0v) is 13.6. The lowest BCUT2D eigenvalue weighted by atomic mass is 10.1. The molecule has 2 atom stereocenters. The van der Waals surface area contributed by atoms with E-state index >= 15 is 0 Å². The molecule has 1 saturated carbocycles. The van der Waals surface area contributed by atoms with Gasteiger partial charge in [0.25, 0.3) is 0 Å². The summed E-state index contributed by atoms with van der Waals surface area (Å²) in [5.74, 6) is 0.505. The lowest BCUT2D eigenvalue weighted by Gasteiger charge is -2.14. The summed E-state index contributed by atoms with van der Waals surface area (Å²) in [6, 6.07) is 4.85. The Morgan fingerprint density at radius 2 is 2.20 bits per heavy atom. The number of hydrogen-bond acceptors (Lipinski definition) is 4. The molecule has 0 heterocycles. The minimum absolute atomic E-state index is 0.118. The molecule has 2 rings (SSSR count). The van der Waals surface area contributed by atoms with Crippen LogP contribution in [0, 0.1) is 5.92 Å². The van der Waals surface area contributed by atoms with Gasteiger partial charge < -0.3 is 9.84 Å². The van der Waals surface area contributed by atoms with Crippen LogP contribution in [0.2, 0.25) is 0 Å². The number of rotatable bonds is 5. The summed E-state index contributed by atoms with van der Waals surface area (Å²) in [7, 11) is -2.18. The van der Waals surface area contributed by atoms with E-state index < -0.39 is 10.0 Å². The maximum atomic E-state index is 12.3. The second kappa shape index (κ2) is 6.43. The van der Waals surface area contributed by atoms with Crippen molar-refractivity contribution in [3.63, 3.8) is 0 Å². The fourth-order valence-electron chi connectivity index (χ4n) is 2.40. The third-order valence-electron chi connectivity index (χ3n) is 3.49. The van der Waals surface area contributed by atoms with Crippen LogP contribution in [0.3, 0.4) is 0 Å². The van der Waals surface area contributed by atoms with E-state index in [0.29, 0.717) is 23.2 Å². The smallest absolute Gasteiger partial charge is 0.244 e. The standard InChI is InChI=1S/C13H18BrNO4S/c1-19-12-5-3-10(14)7-13(12)20(17,18)15-8-9-2-4-11(16)6-9/h3,5,7,9,11,15-16H,2,4,6,8H2,1H3. The predicted octanol–water partition coefficient (Wildman–Crippen LogP) is 1.90. The lowest BCUT2D eigenvalue weighted by molar-refractivity contribution is 0.178. The van der Waals surface area contributed by atoms with Crippen molar-refractivity contribution in [2.45, 2.75) is 30.3 Å². The lowest BCUT2D eigenvalue weighted by Crippen LogP contribution is -2.29. The molecule has 1 aliphatic carbocycles. The van der Waals surface area contributed by atoms with Crippen molar-refractivity contribution in [1.29, 1.82) is 0 Å². The maximum Gasteiger partial charge on any atom is 0.244 e. The average Bonchev–Trinajstić information content (AvgIpc) is 2.82. The summed E-state index contributed by atoms with van der Waals surface area (Å²) in [5.41, 5.74) is 0. The number of aliphatic hydroxyl groups is 1. The molecule has 1 fully saturated rings. The van der Waals surface area contributed by atoms with Crippen molar-refractivity contribution >= 4 is 26.0 Å². The molecular weight excluding hydrogens is 346 g/mol. The van der Waals surface area contributed by atoms with E-state index in [4.69, 9.17) is 4.74 Å². The molecule has 0 spiro atoms. The summed E-state index contributed by atoms with van der Waals surface area (Å²) in [4.78, 5) is 0.118. The van der Waals surface area contributed by atoms with Crippen LogP contribution < -0.4 is 9.46 Å². The zero-order chi connectivity index (χ0) is 14.8. The highest BCUT2D eigenvalue weighted by atomic mass is 79.9. The minimum Gasteiger partial charge on any atom is -0.495 e. The highest BCUT2D eigenvalue weighted by molar-refractivity contribution is 9.10. The molecule has 0 aliphatic heterocycles. The van der Waals surface area contributed by atoms with Gasteiger partial charge in [-0.15, -0.1) is 0 Å². The topological polar surface area (TPSA) is 75.6 Å². The molecule has 1 aromatic carbocycles. The second-order valence-electron chi connectivity index (χ2n) is 4.98. The SMILES string of the molecule is COc1ccc(Br)cc1S(=O)(=O)NCC1CCC(O)C1. The molecule has 0 amide bonds. The third-order valence-corrected chi connectivity index (χ3v) is 5.43. The Morgan fingerprint density at radius 3 is 2.80 bits per heavy atom. The van der Waals surface area contributed by atoms with Gasteiger partial charge in [-0.2, -0.15) is 0 Å². The summed E-state index contributed by atoms with van der Waals surface area (Å²) in [6.45, 7) is 0.342. The van der Waals surface area contributed by atoms with Gasteiger partial charge in [0.15, 0.2) is 0 Å². The fourth-order valence-corrected chi connectivity index (χ4v) is 4.22. The van der Waals surface area contributed by atoms with Gasteiger partial charge in [-0.25, -0.2) is 13.1 Å². The molecule has 2 N–H and O–H groups in total. The Balaban J connectivity index is 2.12. The van der Waals surface area contributed by atoms with Crippen molar-refractivity contribution in [2.24, 2.45) is 5.92 Å². The van der Waals surface area contributed by atoms with Crippen molar-refractivity contribution in [3.8, 4) is 5.75 Å². The van der Waals surface area contributed by atoms with Crippen molar-refractivity contribution in [2.75, 3.05) is 13.7 Å².